The average molecular weight is 911 g/mol. The zero-order chi connectivity index (χ0) is 47.5. The Morgan fingerprint density at radius 1 is 0.236 bits per heavy atom. The number of hydrogen-bond donors (Lipinski definition) is 0. The Labute approximate surface area is 419 Å². The highest BCUT2D eigenvalue weighted by Crippen LogP contribution is 2.67. The molecule has 0 heteroatoms. The highest BCUT2D eigenvalue weighted by atomic mass is 14.5. The first-order valence-corrected chi connectivity index (χ1v) is 25.5. The third-order valence-corrected chi connectivity index (χ3v) is 17.2. The Hall–Kier alpha value is -8.84. The smallest absolute Gasteiger partial charge is 0.0619 e. The summed E-state index contributed by atoms with van der Waals surface area (Å²) in [6.07, 6.45) is 0. The van der Waals surface area contributed by atoms with Crippen molar-refractivity contribution in [2.75, 3.05) is 0 Å². The Bertz CT molecular complexity index is 4440. The lowest BCUT2D eigenvalue weighted by Gasteiger charge is -2.32. The van der Waals surface area contributed by atoms with Crippen molar-refractivity contribution in [1.29, 1.82) is 0 Å². The fourth-order valence-electron chi connectivity index (χ4n) is 14.3. The van der Waals surface area contributed by atoms with Crippen LogP contribution in [0.3, 0.4) is 0 Å². The van der Waals surface area contributed by atoms with E-state index in [0.717, 1.165) is 0 Å². The monoisotopic (exact) mass is 910 g/mol. The minimum Gasteiger partial charge on any atom is -0.0619 e. The van der Waals surface area contributed by atoms with E-state index in [1.165, 1.54) is 154 Å². The van der Waals surface area contributed by atoms with E-state index in [1.807, 2.05) is 0 Å². The summed E-state index contributed by atoms with van der Waals surface area (Å²) in [4.78, 5) is 0. The quantitative estimate of drug-likeness (QED) is 0.122. The highest BCUT2D eigenvalue weighted by molar-refractivity contribution is 6.23. The molecule has 0 fully saturated rings. The SMILES string of the molecule is CC1(C)c2ccccc2-c2ccc(-c3c4ccccc4c(-c4cccc(-c5ccc6c7c(c8ccccc8c6c5)-c5ccc6ccccc6c5C75c6ccccc6-c6ccccc65)c4)c4ccccc34)cc21. The van der Waals surface area contributed by atoms with Gasteiger partial charge < -0.3 is 0 Å². The molecule has 0 amide bonds. The van der Waals surface area contributed by atoms with Crippen molar-refractivity contribution in [2.45, 2.75) is 24.7 Å². The van der Waals surface area contributed by atoms with Crippen LogP contribution in [-0.4, -0.2) is 0 Å². The van der Waals surface area contributed by atoms with Crippen LogP contribution in [0.2, 0.25) is 0 Å². The second-order valence-electron chi connectivity index (χ2n) is 21.0. The molecule has 334 valence electrons. The van der Waals surface area contributed by atoms with Gasteiger partial charge in [0, 0.05) is 5.41 Å². The molecule has 0 aliphatic heterocycles. The second kappa shape index (κ2) is 14.4. The van der Waals surface area contributed by atoms with Crippen molar-refractivity contribution >= 4 is 53.9 Å². The largest absolute Gasteiger partial charge is 0.0737 e. The van der Waals surface area contributed by atoms with Crippen LogP contribution in [0.4, 0.5) is 0 Å². The van der Waals surface area contributed by atoms with Crippen molar-refractivity contribution in [3.8, 4) is 66.8 Å². The number of benzene rings is 13. The molecular weight excluding hydrogens is 865 g/mol. The minimum atomic E-state index is -0.502. The van der Waals surface area contributed by atoms with Crippen LogP contribution in [0.5, 0.6) is 0 Å². The third-order valence-electron chi connectivity index (χ3n) is 17.2. The van der Waals surface area contributed by atoms with E-state index in [9.17, 15) is 0 Å². The molecule has 3 aliphatic carbocycles. The van der Waals surface area contributed by atoms with Crippen molar-refractivity contribution in [1.82, 2.24) is 0 Å². The topological polar surface area (TPSA) is 0 Å². The lowest BCUT2D eigenvalue weighted by atomic mass is 9.68. The molecule has 0 nitrogen and oxygen atoms in total. The number of rotatable bonds is 3. The molecule has 13 aromatic rings. The first kappa shape index (κ1) is 39.9. The predicted octanol–water partition coefficient (Wildman–Crippen LogP) is 19.1. The van der Waals surface area contributed by atoms with Gasteiger partial charge in [0.1, 0.15) is 0 Å². The molecule has 0 unspecified atom stereocenters. The van der Waals surface area contributed by atoms with Gasteiger partial charge in [-0.15, -0.1) is 0 Å². The summed E-state index contributed by atoms with van der Waals surface area (Å²) in [5.41, 5.74) is 23.3. The van der Waals surface area contributed by atoms with E-state index >= 15 is 0 Å². The Kier molecular flexibility index (Phi) is 7.98. The molecule has 0 heterocycles. The summed E-state index contributed by atoms with van der Waals surface area (Å²) in [5.74, 6) is 0. The predicted molar refractivity (Wildman–Crippen MR) is 304 cm³/mol. The molecule has 0 saturated carbocycles. The summed E-state index contributed by atoms with van der Waals surface area (Å²) >= 11 is 0. The fourth-order valence-corrected chi connectivity index (χ4v) is 14.3. The standard InChI is InChI=1S/C72H46/c1-71(2)62-31-14-11-23-50(62)53-37-36-47(42-65(53)71)67-57-29-9-7-27-55(57)66(56-28-8-10-30-58(56)67)46-20-17-19-44(40-46)45-35-38-59-61(41-45)49-22-5-6-26-54(49)68-60-39-34-43-18-3-4-21-48(43)69(60)72(70(59)68)63-32-15-12-24-51(63)52-25-13-16-33-64(52)72/h3-42H,1-2H3. The second-order valence-corrected chi connectivity index (χ2v) is 21.0. The Balaban J connectivity index is 0.916. The molecule has 0 radical (unpaired) electrons. The van der Waals surface area contributed by atoms with Crippen molar-refractivity contribution in [3.05, 3.63) is 276 Å². The van der Waals surface area contributed by atoms with Gasteiger partial charge in [-0.05, 0) is 172 Å². The third kappa shape index (κ3) is 5.06. The van der Waals surface area contributed by atoms with Gasteiger partial charge in [0.05, 0.1) is 5.41 Å². The van der Waals surface area contributed by atoms with E-state index in [2.05, 4.69) is 257 Å². The van der Waals surface area contributed by atoms with Crippen molar-refractivity contribution in [2.24, 2.45) is 0 Å². The maximum absolute atomic E-state index is 2.49. The van der Waals surface area contributed by atoms with Gasteiger partial charge in [-0.2, -0.15) is 0 Å². The normalized spacial score (nSPS) is 14.2. The van der Waals surface area contributed by atoms with Gasteiger partial charge >= 0.3 is 0 Å². The molecule has 13 aromatic carbocycles. The lowest BCUT2D eigenvalue weighted by Crippen LogP contribution is -2.26. The molecule has 0 saturated heterocycles. The lowest BCUT2D eigenvalue weighted by molar-refractivity contribution is 0.660. The van der Waals surface area contributed by atoms with Gasteiger partial charge in [-0.25, -0.2) is 0 Å². The van der Waals surface area contributed by atoms with E-state index in [0.29, 0.717) is 0 Å². The van der Waals surface area contributed by atoms with Crippen LogP contribution in [0.15, 0.2) is 243 Å². The molecule has 72 heavy (non-hydrogen) atoms. The average Bonchev–Trinajstić information content (AvgIpc) is 4.01. The van der Waals surface area contributed by atoms with Crippen LogP contribution >= 0.6 is 0 Å². The van der Waals surface area contributed by atoms with E-state index in [-0.39, 0.29) is 5.41 Å². The van der Waals surface area contributed by atoms with Crippen molar-refractivity contribution < 1.29 is 0 Å². The van der Waals surface area contributed by atoms with Crippen LogP contribution in [0, 0.1) is 0 Å². The van der Waals surface area contributed by atoms with Crippen LogP contribution < -0.4 is 0 Å². The first-order valence-electron chi connectivity index (χ1n) is 25.5. The fraction of sp³-hybridized carbons (Fsp3) is 0.0556. The molecule has 0 N–H and O–H groups in total. The highest BCUT2D eigenvalue weighted by Gasteiger charge is 2.53. The molecule has 0 atom stereocenters. The Morgan fingerprint density at radius 2 is 0.694 bits per heavy atom. The molecular formula is C72H46. The molecule has 0 aromatic heterocycles. The van der Waals surface area contributed by atoms with Gasteiger partial charge in [-0.1, -0.05) is 238 Å². The van der Waals surface area contributed by atoms with Gasteiger partial charge in [0.25, 0.3) is 0 Å². The van der Waals surface area contributed by atoms with E-state index in [4.69, 9.17) is 0 Å². The maximum atomic E-state index is 2.49. The molecule has 16 rings (SSSR count). The Morgan fingerprint density at radius 3 is 1.35 bits per heavy atom. The zero-order valence-corrected chi connectivity index (χ0v) is 40.1. The minimum absolute atomic E-state index is 0.0856. The molecule has 0 bridgehead atoms. The van der Waals surface area contributed by atoms with Crippen molar-refractivity contribution in [3.63, 3.8) is 0 Å². The van der Waals surface area contributed by atoms with Crippen LogP contribution in [-0.2, 0) is 10.8 Å². The summed E-state index contributed by atoms with van der Waals surface area (Å²) in [6, 6.07) is 92.3. The molecule has 3 aliphatic rings. The summed E-state index contributed by atoms with van der Waals surface area (Å²) in [7, 11) is 0. The zero-order valence-electron chi connectivity index (χ0n) is 40.1. The molecule has 1 spiro atoms. The van der Waals surface area contributed by atoms with Gasteiger partial charge in [-0.3, -0.25) is 0 Å². The van der Waals surface area contributed by atoms with Crippen LogP contribution in [0.1, 0.15) is 47.2 Å². The van der Waals surface area contributed by atoms with E-state index in [1.54, 1.807) is 0 Å². The van der Waals surface area contributed by atoms with Crippen LogP contribution in [0.25, 0.3) is 121 Å². The summed E-state index contributed by atoms with van der Waals surface area (Å²) < 4.78 is 0. The number of fused-ring (bicyclic) bond motifs is 22. The maximum Gasteiger partial charge on any atom is 0.0737 e. The first-order chi connectivity index (χ1) is 35.5. The van der Waals surface area contributed by atoms with E-state index < -0.39 is 5.41 Å². The van der Waals surface area contributed by atoms with Gasteiger partial charge in [0.15, 0.2) is 0 Å². The number of hydrogen-bond acceptors (Lipinski definition) is 0. The summed E-state index contributed by atoms with van der Waals surface area (Å²) in [5, 5.41) is 12.8. The summed E-state index contributed by atoms with van der Waals surface area (Å²) in [6.45, 7) is 4.76. The van der Waals surface area contributed by atoms with Gasteiger partial charge in [0.2, 0.25) is 0 Å².